The second-order valence-electron chi connectivity index (χ2n) is 3.31. The summed E-state index contributed by atoms with van der Waals surface area (Å²) in [6.45, 7) is 1.92. The average molecular weight is 267 g/mol. The van der Waals surface area contributed by atoms with Crippen LogP contribution >= 0.6 is 15.9 Å². The number of rotatable bonds is 2. The minimum atomic E-state index is -0.0575. The maximum Gasteiger partial charge on any atom is 0.138 e. The Labute approximate surface area is 96.3 Å². The van der Waals surface area contributed by atoms with Crippen LogP contribution in [0.25, 0.3) is 5.82 Å². The van der Waals surface area contributed by atoms with E-state index < -0.39 is 0 Å². The van der Waals surface area contributed by atoms with Crippen LogP contribution in [0.2, 0.25) is 0 Å². The van der Waals surface area contributed by atoms with Gasteiger partial charge in [-0.25, -0.2) is 9.97 Å². The standard InChI is InChI=1S/C10H11BrN4/c1-7(12)9-5-13-6-15(9)10-3-2-8(11)4-14-10/h2-7H,12H2,1H3/t7-/m0/s1. The summed E-state index contributed by atoms with van der Waals surface area (Å²) in [5.41, 5.74) is 6.78. The molecular formula is C10H11BrN4. The highest BCUT2D eigenvalue weighted by Gasteiger charge is 2.08. The first-order chi connectivity index (χ1) is 7.18. The Balaban J connectivity index is 2.45. The molecule has 0 saturated carbocycles. The molecule has 0 aliphatic rings. The molecule has 78 valence electrons. The van der Waals surface area contributed by atoms with Gasteiger partial charge >= 0.3 is 0 Å². The molecule has 0 unspecified atom stereocenters. The minimum Gasteiger partial charge on any atom is -0.323 e. The molecule has 0 aliphatic carbocycles. The number of hydrogen-bond donors (Lipinski definition) is 1. The van der Waals surface area contributed by atoms with Crippen molar-refractivity contribution in [1.29, 1.82) is 0 Å². The molecule has 0 radical (unpaired) electrons. The molecule has 0 amide bonds. The summed E-state index contributed by atoms with van der Waals surface area (Å²) in [4.78, 5) is 8.36. The Morgan fingerprint density at radius 2 is 2.20 bits per heavy atom. The van der Waals surface area contributed by atoms with Gasteiger partial charge in [0, 0.05) is 16.7 Å². The van der Waals surface area contributed by atoms with E-state index in [9.17, 15) is 0 Å². The molecule has 0 aliphatic heterocycles. The van der Waals surface area contributed by atoms with Gasteiger partial charge < -0.3 is 5.73 Å². The molecule has 2 heterocycles. The molecular weight excluding hydrogens is 256 g/mol. The van der Waals surface area contributed by atoms with Crippen LogP contribution in [-0.4, -0.2) is 14.5 Å². The number of aromatic nitrogens is 3. The molecule has 0 fully saturated rings. The van der Waals surface area contributed by atoms with Crippen molar-refractivity contribution in [3.63, 3.8) is 0 Å². The fourth-order valence-corrected chi connectivity index (χ4v) is 1.58. The zero-order chi connectivity index (χ0) is 10.8. The molecule has 2 aromatic rings. The quantitative estimate of drug-likeness (QED) is 0.905. The minimum absolute atomic E-state index is 0.0575. The first-order valence-corrected chi connectivity index (χ1v) is 5.37. The molecule has 2 rings (SSSR count). The molecule has 2 aromatic heterocycles. The van der Waals surface area contributed by atoms with Crippen molar-refractivity contribution in [2.75, 3.05) is 0 Å². The monoisotopic (exact) mass is 266 g/mol. The average Bonchev–Trinajstić information content (AvgIpc) is 2.67. The Kier molecular flexibility index (Phi) is 2.83. The Morgan fingerprint density at radius 1 is 1.40 bits per heavy atom. The third-order valence-corrected chi connectivity index (χ3v) is 2.56. The topological polar surface area (TPSA) is 56.7 Å². The molecule has 4 nitrogen and oxygen atoms in total. The molecule has 0 aromatic carbocycles. The van der Waals surface area contributed by atoms with Crippen LogP contribution in [0.1, 0.15) is 18.7 Å². The van der Waals surface area contributed by atoms with Crippen LogP contribution in [0.5, 0.6) is 0 Å². The molecule has 1 atom stereocenters. The fraction of sp³-hybridized carbons (Fsp3) is 0.200. The number of pyridine rings is 1. The van der Waals surface area contributed by atoms with Gasteiger partial charge in [0.05, 0.1) is 11.9 Å². The maximum atomic E-state index is 5.83. The lowest BCUT2D eigenvalue weighted by Gasteiger charge is -2.09. The normalized spacial score (nSPS) is 12.7. The summed E-state index contributed by atoms with van der Waals surface area (Å²) in [5, 5.41) is 0. The Bertz CT molecular complexity index is 447. The highest BCUT2D eigenvalue weighted by molar-refractivity contribution is 9.10. The van der Waals surface area contributed by atoms with Crippen LogP contribution in [0.4, 0.5) is 0 Å². The van der Waals surface area contributed by atoms with E-state index in [-0.39, 0.29) is 6.04 Å². The van der Waals surface area contributed by atoms with E-state index >= 15 is 0 Å². The first-order valence-electron chi connectivity index (χ1n) is 4.58. The van der Waals surface area contributed by atoms with E-state index in [0.29, 0.717) is 0 Å². The van der Waals surface area contributed by atoms with Crippen molar-refractivity contribution in [1.82, 2.24) is 14.5 Å². The zero-order valence-corrected chi connectivity index (χ0v) is 9.85. The van der Waals surface area contributed by atoms with Crippen molar-refractivity contribution in [2.45, 2.75) is 13.0 Å². The zero-order valence-electron chi connectivity index (χ0n) is 8.26. The summed E-state index contributed by atoms with van der Waals surface area (Å²) in [6, 6.07) is 3.79. The van der Waals surface area contributed by atoms with Gasteiger partial charge in [-0.1, -0.05) is 0 Å². The van der Waals surface area contributed by atoms with Crippen molar-refractivity contribution in [3.05, 3.63) is 41.0 Å². The molecule has 0 bridgehead atoms. The summed E-state index contributed by atoms with van der Waals surface area (Å²) in [5.74, 6) is 0.822. The molecule has 15 heavy (non-hydrogen) atoms. The van der Waals surface area contributed by atoms with Crippen LogP contribution < -0.4 is 5.73 Å². The van der Waals surface area contributed by atoms with E-state index in [1.165, 1.54) is 0 Å². The van der Waals surface area contributed by atoms with Crippen molar-refractivity contribution >= 4 is 15.9 Å². The van der Waals surface area contributed by atoms with Gasteiger partial charge in [-0.05, 0) is 35.0 Å². The van der Waals surface area contributed by atoms with E-state index in [1.54, 1.807) is 18.7 Å². The van der Waals surface area contributed by atoms with E-state index in [0.717, 1.165) is 16.0 Å². The van der Waals surface area contributed by atoms with Crippen LogP contribution in [-0.2, 0) is 0 Å². The van der Waals surface area contributed by atoms with E-state index in [1.807, 2.05) is 23.6 Å². The smallest absolute Gasteiger partial charge is 0.138 e. The second-order valence-corrected chi connectivity index (χ2v) is 4.23. The summed E-state index contributed by atoms with van der Waals surface area (Å²) in [6.07, 6.45) is 5.23. The molecule has 0 saturated heterocycles. The van der Waals surface area contributed by atoms with Gasteiger partial charge in [0.1, 0.15) is 12.1 Å². The Morgan fingerprint density at radius 3 is 2.80 bits per heavy atom. The van der Waals surface area contributed by atoms with Gasteiger partial charge in [-0.2, -0.15) is 0 Å². The SMILES string of the molecule is C[C@H](N)c1cncn1-c1ccc(Br)cn1. The molecule has 5 heteroatoms. The number of nitrogens with two attached hydrogens (primary N) is 1. The van der Waals surface area contributed by atoms with Crippen molar-refractivity contribution in [2.24, 2.45) is 5.73 Å². The van der Waals surface area contributed by atoms with Crippen LogP contribution in [0.15, 0.2) is 35.3 Å². The highest BCUT2D eigenvalue weighted by Crippen LogP contribution is 2.15. The number of halogens is 1. The van der Waals surface area contributed by atoms with Gasteiger partial charge in [-0.3, -0.25) is 4.57 Å². The summed E-state index contributed by atoms with van der Waals surface area (Å²) >= 11 is 3.34. The number of hydrogen-bond acceptors (Lipinski definition) is 3. The maximum absolute atomic E-state index is 5.83. The lowest BCUT2D eigenvalue weighted by Crippen LogP contribution is -2.11. The van der Waals surface area contributed by atoms with Gasteiger partial charge in [0.25, 0.3) is 0 Å². The van der Waals surface area contributed by atoms with Crippen molar-refractivity contribution in [3.8, 4) is 5.82 Å². The summed E-state index contributed by atoms with van der Waals surface area (Å²) < 4.78 is 2.84. The predicted octanol–water partition coefficient (Wildman–Crippen LogP) is 2.05. The Hall–Kier alpha value is -1.20. The molecule has 2 N–H and O–H groups in total. The van der Waals surface area contributed by atoms with Gasteiger partial charge in [0.2, 0.25) is 0 Å². The second kappa shape index (κ2) is 4.12. The van der Waals surface area contributed by atoms with Crippen LogP contribution in [0, 0.1) is 0 Å². The largest absolute Gasteiger partial charge is 0.323 e. The highest BCUT2D eigenvalue weighted by atomic mass is 79.9. The summed E-state index contributed by atoms with van der Waals surface area (Å²) in [7, 11) is 0. The lowest BCUT2D eigenvalue weighted by atomic mass is 10.3. The van der Waals surface area contributed by atoms with E-state index in [2.05, 4.69) is 25.9 Å². The third kappa shape index (κ3) is 2.08. The first kappa shape index (κ1) is 10.3. The van der Waals surface area contributed by atoms with E-state index in [4.69, 9.17) is 5.73 Å². The van der Waals surface area contributed by atoms with Gasteiger partial charge in [-0.15, -0.1) is 0 Å². The third-order valence-electron chi connectivity index (χ3n) is 2.09. The lowest BCUT2D eigenvalue weighted by molar-refractivity contribution is 0.745. The predicted molar refractivity (Wildman–Crippen MR) is 61.7 cm³/mol. The molecule has 0 spiro atoms. The van der Waals surface area contributed by atoms with Gasteiger partial charge in [0.15, 0.2) is 0 Å². The van der Waals surface area contributed by atoms with Crippen molar-refractivity contribution < 1.29 is 0 Å². The van der Waals surface area contributed by atoms with Crippen LogP contribution in [0.3, 0.4) is 0 Å². The number of imidazole rings is 1. The number of nitrogens with zero attached hydrogens (tertiary/aromatic N) is 3. The fourth-order valence-electron chi connectivity index (χ4n) is 1.34.